The first-order valence-electron chi connectivity index (χ1n) is 4.44. The van der Waals surface area contributed by atoms with Crippen LogP contribution in [-0.2, 0) is 10.9 Å². The maximum Gasteiger partial charge on any atom is 0.419 e. The number of carbonyl (C=O) groups excluding carboxylic acids is 1. The van der Waals surface area contributed by atoms with Crippen molar-refractivity contribution >= 4 is 23.4 Å². The van der Waals surface area contributed by atoms with Crippen molar-refractivity contribution in [3.63, 3.8) is 0 Å². The zero-order valence-electron chi connectivity index (χ0n) is 8.71. The number of pyridine rings is 1. The van der Waals surface area contributed by atoms with Gasteiger partial charge in [0.15, 0.2) is 6.61 Å². The molecule has 0 saturated heterocycles. The second kappa shape index (κ2) is 5.60. The molecule has 0 aliphatic heterocycles. The van der Waals surface area contributed by atoms with Crippen molar-refractivity contribution in [1.82, 2.24) is 4.98 Å². The zero-order valence-corrected chi connectivity index (χ0v) is 9.47. The van der Waals surface area contributed by atoms with E-state index < -0.39 is 23.0 Å². The summed E-state index contributed by atoms with van der Waals surface area (Å²) in [6.45, 7) is -0.293. The Kier molecular flexibility index (Phi) is 4.39. The van der Waals surface area contributed by atoms with E-state index in [2.05, 4.69) is 9.72 Å². The van der Waals surface area contributed by atoms with E-state index in [4.69, 9.17) is 18.0 Å². The Balaban J connectivity index is 2.87. The number of carbonyl (C=O) groups is 1. The monoisotopic (exact) mass is 278 g/mol. The topological polar surface area (TPSA) is 51.2 Å². The minimum absolute atomic E-state index is 0.200. The van der Waals surface area contributed by atoms with Gasteiger partial charge in [-0.25, -0.2) is 9.78 Å². The Morgan fingerprint density at radius 3 is 2.83 bits per heavy atom. The van der Waals surface area contributed by atoms with Gasteiger partial charge in [0.05, 0.1) is 17.4 Å². The van der Waals surface area contributed by atoms with Crippen LogP contribution in [0.25, 0.3) is 0 Å². The summed E-state index contributed by atoms with van der Waals surface area (Å²) in [6, 6.07) is 0.645. The van der Waals surface area contributed by atoms with Gasteiger partial charge in [-0.3, -0.25) is 5.32 Å². The molecule has 0 aromatic carbocycles. The highest BCUT2D eigenvalue weighted by molar-refractivity contribution is 6.30. The molecule has 0 saturated carbocycles. The molecule has 1 N–H and O–H groups in total. The maximum atomic E-state index is 12.5. The third-order valence-electron chi connectivity index (χ3n) is 1.68. The highest BCUT2D eigenvalue weighted by Crippen LogP contribution is 2.34. The average molecular weight is 279 g/mol. The van der Waals surface area contributed by atoms with E-state index in [0.717, 1.165) is 6.20 Å². The molecule has 0 unspecified atom stereocenters. The van der Waals surface area contributed by atoms with Crippen LogP contribution in [0.15, 0.2) is 12.3 Å². The Morgan fingerprint density at radius 1 is 1.61 bits per heavy atom. The summed E-state index contributed by atoms with van der Waals surface area (Å²) < 4.78 is 41.8. The molecule has 8 heteroatoms. The standard InChI is InChI=1S/C10H6ClF3N2O2/c1-2-3-18-9(17)16-6-4-7(10(12,13)14)8(11)15-5-6/h1,4-5H,3H2,(H,16,17). The number of aromatic nitrogens is 1. The number of halogens is 4. The number of alkyl halides is 3. The third-order valence-corrected chi connectivity index (χ3v) is 1.98. The number of hydrogen-bond acceptors (Lipinski definition) is 3. The summed E-state index contributed by atoms with van der Waals surface area (Å²) in [4.78, 5) is 14.4. The van der Waals surface area contributed by atoms with Crippen molar-refractivity contribution < 1.29 is 22.7 Å². The number of amides is 1. The van der Waals surface area contributed by atoms with Crippen LogP contribution in [-0.4, -0.2) is 17.7 Å². The van der Waals surface area contributed by atoms with Gasteiger partial charge in [-0.05, 0) is 6.07 Å². The first kappa shape index (κ1) is 14.1. The average Bonchev–Trinajstić information content (AvgIpc) is 2.27. The molecule has 1 aromatic heterocycles. The van der Waals surface area contributed by atoms with Crippen molar-refractivity contribution in [1.29, 1.82) is 0 Å². The van der Waals surface area contributed by atoms with Crippen LogP contribution >= 0.6 is 11.6 Å². The molecule has 1 rings (SSSR count). The fraction of sp³-hybridized carbons (Fsp3) is 0.200. The lowest BCUT2D eigenvalue weighted by atomic mass is 10.2. The second-order valence-corrected chi connectivity index (χ2v) is 3.32. The van der Waals surface area contributed by atoms with Crippen molar-refractivity contribution in [3.8, 4) is 12.3 Å². The number of rotatable bonds is 2. The summed E-state index contributed by atoms with van der Waals surface area (Å²) >= 11 is 5.30. The van der Waals surface area contributed by atoms with Gasteiger partial charge >= 0.3 is 12.3 Å². The molecular formula is C10H6ClF3N2O2. The van der Waals surface area contributed by atoms with E-state index in [9.17, 15) is 18.0 Å². The molecule has 4 nitrogen and oxygen atoms in total. The van der Waals surface area contributed by atoms with Crippen molar-refractivity contribution in [2.45, 2.75) is 6.18 Å². The molecule has 0 aliphatic carbocycles. The summed E-state index contributed by atoms with van der Waals surface area (Å²) in [7, 11) is 0. The minimum Gasteiger partial charge on any atom is -0.436 e. The minimum atomic E-state index is -4.66. The van der Waals surface area contributed by atoms with Gasteiger partial charge in [-0.1, -0.05) is 17.5 Å². The molecule has 0 atom stereocenters. The molecule has 1 heterocycles. The summed E-state index contributed by atoms with van der Waals surface area (Å²) in [5.74, 6) is 2.03. The lowest BCUT2D eigenvalue weighted by molar-refractivity contribution is -0.137. The Bertz CT molecular complexity index is 497. The molecule has 0 aliphatic rings. The van der Waals surface area contributed by atoms with Gasteiger partial charge in [0.2, 0.25) is 0 Å². The van der Waals surface area contributed by atoms with Crippen molar-refractivity contribution in [2.75, 3.05) is 11.9 Å². The predicted octanol–water partition coefficient (Wildman–Crippen LogP) is 2.94. The third kappa shape index (κ3) is 3.82. The molecule has 1 amide bonds. The molecule has 1 aromatic rings. The predicted molar refractivity (Wildman–Crippen MR) is 58.1 cm³/mol. The van der Waals surface area contributed by atoms with Crippen LogP contribution in [0.3, 0.4) is 0 Å². The zero-order chi connectivity index (χ0) is 13.8. The Labute approximate surface area is 105 Å². The van der Waals surface area contributed by atoms with E-state index in [1.165, 1.54) is 0 Å². The molecule has 0 spiro atoms. The van der Waals surface area contributed by atoms with Crippen LogP contribution in [0.4, 0.5) is 23.7 Å². The largest absolute Gasteiger partial charge is 0.436 e. The SMILES string of the molecule is C#CCOC(=O)Nc1cnc(Cl)c(C(F)(F)F)c1. The fourth-order valence-corrected chi connectivity index (χ4v) is 1.19. The van der Waals surface area contributed by atoms with E-state index >= 15 is 0 Å². The van der Waals surface area contributed by atoms with Crippen molar-refractivity contribution in [3.05, 3.63) is 23.0 Å². The van der Waals surface area contributed by atoms with Gasteiger partial charge < -0.3 is 4.74 Å². The number of ether oxygens (including phenoxy) is 1. The van der Waals surface area contributed by atoms with E-state index in [1.807, 2.05) is 11.2 Å². The highest BCUT2D eigenvalue weighted by atomic mass is 35.5. The van der Waals surface area contributed by atoms with Gasteiger partial charge in [-0.15, -0.1) is 6.42 Å². The number of nitrogens with zero attached hydrogens (tertiary/aromatic N) is 1. The van der Waals surface area contributed by atoms with Gasteiger partial charge in [0, 0.05) is 0 Å². The number of hydrogen-bond donors (Lipinski definition) is 1. The first-order valence-corrected chi connectivity index (χ1v) is 4.82. The van der Waals surface area contributed by atoms with E-state index in [-0.39, 0.29) is 12.3 Å². The van der Waals surface area contributed by atoms with E-state index in [0.29, 0.717) is 6.07 Å². The quantitative estimate of drug-likeness (QED) is 0.668. The van der Waals surface area contributed by atoms with Gasteiger partial charge in [0.1, 0.15) is 5.15 Å². The van der Waals surface area contributed by atoms with Crippen LogP contribution in [0.5, 0.6) is 0 Å². The summed E-state index contributed by atoms with van der Waals surface area (Å²) in [5, 5.41) is 1.33. The number of terminal acetylenes is 1. The van der Waals surface area contributed by atoms with E-state index in [1.54, 1.807) is 0 Å². The fourth-order valence-electron chi connectivity index (χ4n) is 0.976. The van der Waals surface area contributed by atoms with Crippen molar-refractivity contribution in [2.24, 2.45) is 0 Å². The highest BCUT2D eigenvalue weighted by Gasteiger charge is 2.34. The van der Waals surface area contributed by atoms with Crippen LogP contribution in [0, 0.1) is 12.3 Å². The lowest BCUT2D eigenvalue weighted by Crippen LogP contribution is -2.15. The number of nitrogens with one attached hydrogen (secondary N) is 1. The lowest BCUT2D eigenvalue weighted by Gasteiger charge is -2.10. The van der Waals surface area contributed by atoms with Crippen LogP contribution in [0.2, 0.25) is 5.15 Å². The Hall–Kier alpha value is -1.94. The normalized spacial score (nSPS) is 10.6. The van der Waals surface area contributed by atoms with Gasteiger partial charge in [0.25, 0.3) is 0 Å². The summed E-state index contributed by atoms with van der Waals surface area (Å²) in [5.41, 5.74) is -1.35. The Morgan fingerprint density at radius 2 is 2.28 bits per heavy atom. The first-order chi connectivity index (χ1) is 8.34. The van der Waals surface area contributed by atoms with Gasteiger partial charge in [-0.2, -0.15) is 13.2 Å². The molecule has 0 fully saturated rings. The van der Waals surface area contributed by atoms with Crippen LogP contribution in [0.1, 0.15) is 5.56 Å². The van der Waals surface area contributed by atoms with Crippen LogP contribution < -0.4 is 5.32 Å². The summed E-state index contributed by atoms with van der Waals surface area (Å²) in [6.07, 6.45) is 0.161. The molecule has 96 valence electrons. The maximum absolute atomic E-state index is 12.5. The molecule has 18 heavy (non-hydrogen) atoms. The second-order valence-electron chi connectivity index (χ2n) is 2.97. The molecule has 0 radical (unpaired) electrons. The smallest absolute Gasteiger partial charge is 0.419 e. The molecule has 0 bridgehead atoms. The molecular weight excluding hydrogens is 273 g/mol. The number of anilines is 1.